The molecule has 15 heavy (non-hydrogen) atoms. The molecule has 5 nitrogen and oxygen atoms in total. The number of halogens is 1. The molecule has 0 atom stereocenters. The number of amides is 2. The summed E-state index contributed by atoms with van der Waals surface area (Å²) in [6.45, 7) is 0. The van der Waals surface area contributed by atoms with Crippen LogP contribution in [0.1, 0.15) is 20.7 Å². The molecule has 0 aromatic heterocycles. The Kier molecular flexibility index (Phi) is 1.87. The number of hydrogen-bond donors (Lipinski definition) is 2. The smallest absolute Gasteiger partial charge is 0.262 e. The van der Waals surface area contributed by atoms with Crippen LogP contribution < -0.4 is 0 Å². The second-order valence-electron chi connectivity index (χ2n) is 3.15. The lowest BCUT2D eigenvalue weighted by Gasteiger charge is -2.03. The van der Waals surface area contributed by atoms with E-state index in [1.165, 1.54) is 7.05 Å². The summed E-state index contributed by atoms with van der Waals surface area (Å²) in [5.41, 5.74) is -0.0673. The first kappa shape index (κ1) is 9.79. The van der Waals surface area contributed by atoms with Crippen LogP contribution in [-0.4, -0.2) is 34.0 Å². The van der Waals surface area contributed by atoms with E-state index in [1.54, 1.807) is 0 Å². The molecule has 0 bridgehead atoms. The minimum absolute atomic E-state index is 0.00259. The molecule has 0 spiro atoms. The summed E-state index contributed by atoms with van der Waals surface area (Å²) in [5.74, 6) is -2.25. The molecule has 1 aliphatic heterocycles. The van der Waals surface area contributed by atoms with E-state index in [0.717, 1.165) is 11.0 Å². The quantitative estimate of drug-likeness (QED) is 0.512. The Bertz CT molecular complexity index is 497. The summed E-state index contributed by atoms with van der Waals surface area (Å²) in [7, 11) is 1.30. The largest absolute Gasteiger partial charge is 0.504 e. The lowest BCUT2D eigenvalue weighted by Crippen LogP contribution is -2.24. The first-order chi connectivity index (χ1) is 6.95. The zero-order valence-corrected chi connectivity index (χ0v) is 8.37. The molecule has 0 fully saturated rings. The maximum Gasteiger partial charge on any atom is 0.262 e. The predicted molar refractivity (Wildman–Crippen MR) is 51.2 cm³/mol. The molecule has 0 aliphatic carbocycles. The van der Waals surface area contributed by atoms with Gasteiger partial charge in [-0.25, -0.2) is 0 Å². The standard InChI is InChI=1S/C9H6ClNO4/c1-11-8(14)3-2-4(12)7(13)6(10)5(3)9(11)15/h2,12-13H,1H3. The zero-order valence-electron chi connectivity index (χ0n) is 7.61. The highest BCUT2D eigenvalue weighted by molar-refractivity contribution is 6.38. The maximum absolute atomic E-state index is 11.5. The average Bonchev–Trinajstić information content (AvgIpc) is 2.40. The highest BCUT2D eigenvalue weighted by atomic mass is 35.5. The van der Waals surface area contributed by atoms with Crippen LogP contribution in [0, 0.1) is 0 Å². The summed E-state index contributed by atoms with van der Waals surface area (Å²) in [4.78, 5) is 23.9. The molecule has 6 heteroatoms. The van der Waals surface area contributed by atoms with Gasteiger partial charge in [-0.3, -0.25) is 14.5 Å². The Morgan fingerprint density at radius 2 is 1.87 bits per heavy atom. The summed E-state index contributed by atoms with van der Waals surface area (Å²) < 4.78 is 0. The van der Waals surface area contributed by atoms with Gasteiger partial charge in [0, 0.05) is 7.05 Å². The predicted octanol–water partition coefficient (Wildman–Crippen LogP) is 0.977. The number of imide groups is 1. The van der Waals surface area contributed by atoms with Crippen molar-refractivity contribution >= 4 is 23.4 Å². The number of rotatable bonds is 0. The van der Waals surface area contributed by atoms with Gasteiger partial charge in [-0.05, 0) is 6.07 Å². The normalized spacial score (nSPS) is 14.7. The molecular formula is C9H6ClNO4. The number of carbonyl (C=O) groups excluding carboxylic acids is 2. The van der Waals surface area contributed by atoms with E-state index >= 15 is 0 Å². The van der Waals surface area contributed by atoms with Gasteiger partial charge in [-0.2, -0.15) is 0 Å². The fourth-order valence-electron chi connectivity index (χ4n) is 1.44. The Labute approximate surface area is 89.5 Å². The van der Waals surface area contributed by atoms with Gasteiger partial charge >= 0.3 is 0 Å². The van der Waals surface area contributed by atoms with Gasteiger partial charge in [0.25, 0.3) is 11.8 Å². The van der Waals surface area contributed by atoms with Crippen molar-refractivity contribution in [2.24, 2.45) is 0 Å². The average molecular weight is 228 g/mol. The zero-order chi connectivity index (χ0) is 11.3. The first-order valence-electron chi connectivity index (χ1n) is 4.02. The van der Waals surface area contributed by atoms with Gasteiger partial charge < -0.3 is 10.2 Å². The van der Waals surface area contributed by atoms with E-state index in [4.69, 9.17) is 11.6 Å². The van der Waals surface area contributed by atoms with Crippen LogP contribution in [-0.2, 0) is 0 Å². The molecule has 2 amide bonds. The van der Waals surface area contributed by atoms with Crippen molar-refractivity contribution in [2.45, 2.75) is 0 Å². The summed E-state index contributed by atoms with van der Waals surface area (Å²) in [6, 6.07) is 1.03. The van der Waals surface area contributed by atoms with E-state index in [-0.39, 0.29) is 16.1 Å². The highest BCUT2D eigenvalue weighted by Gasteiger charge is 2.37. The summed E-state index contributed by atoms with van der Waals surface area (Å²) in [5, 5.41) is 18.2. The number of phenols is 2. The van der Waals surface area contributed by atoms with Gasteiger partial charge in [0.15, 0.2) is 11.5 Å². The van der Waals surface area contributed by atoms with Gasteiger partial charge in [-0.15, -0.1) is 0 Å². The molecule has 1 aliphatic rings. The highest BCUT2D eigenvalue weighted by Crippen LogP contribution is 2.40. The van der Waals surface area contributed by atoms with Crippen molar-refractivity contribution in [3.63, 3.8) is 0 Å². The number of hydrogen-bond acceptors (Lipinski definition) is 4. The molecule has 78 valence electrons. The number of nitrogens with zero attached hydrogens (tertiary/aromatic N) is 1. The third kappa shape index (κ3) is 1.10. The minimum atomic E-state index is -0.591. The van der Waals surface area contributed by atoms with Crippen molar-refractivity contribution in [1.82, 2.24) is 4.90 Å². The van der Waals surface area contributed by atoms with E-state index in [1.807, 2.05) is 0 Å². The fraction of sp³-hybridized carbons (Fsp3) is 0.111. The van der Waals surface area contributed by atoms with Crippen molar-refractivity contribution in [1.29, 1.82) is 0 Å². The van der Waals surface area contributed by atoms with E-state index in [0.29, 0.717) is 0 Å². The SMILES string of the molecule is CN1C(=O)c2cc(O)c(O)c(Cl)c2C1=O. The monoisotopic (exact) mass is 227 g/mol. The first-order valence-corrected chi connectivity index (χ1v) is 4.39. The second kappa shape index (κ2) is 2.87. The molecule has 1 aromatic carbocycles. The van der Waals surface area contributed by atoms with Crippen LogP contribution in [0.5, 0.6) is 11.5 Å². The Morgan fingerprint density at radius 3 is 2.47 bits per heavy atom. The topological polar surface area (TPSA) is 77.8 Å². The van der Waals surface area contributed by atoms with Crippen LogP contribution in [0.3, 0.4) is 0 Å². The molecule has 0 unspecified atom stereocenters. The number of carbonyl (C=O) groups is 2. The van der Waals surface area contributed by atoms with Gasteiger partial charge in [0.1, 0.15) is 0 Å². The van der Waals surface area contributed by atoms with Gasteiger partial charge in [-0.1, -0.05) is 11.6 Å². The van der Waals surface area contributed by atoms with Gasteiger partial charge in [0.05, 0.1) is 16.1 Å². The van der Waals surface area contributed by atoms with Crippen LogP contribution in [0.15, 0.2) is 6.07 Å². The molecule has 2 rings (SSSR count). The third-order valence-corrected chi connectivity index (χ3v) is 2.64. The molecule has 0 radical (unpaired) electrons. The number of phenolic OH excluding ortho intramolecular Hbond substituents is 2. The lowest BCUT2D eigenvalue weighted by atomic mass is 10.1. The van der Waals surface area contributed by atoms with Crippen LogP contribution in [0.25, 0.3) is 0 Å². The molecule has 1 heterocycles. The van der Waals surface area contributed by atoms with Crippen LogP contribution >= 0.6 is 11.6 Å². The van der Waals surface area contributed by atoms with Crippen molar-refractivity contribution in [3.8, 4) is 11.5 Å². The number of fused-ring (bicyclic) bond motifs is 1. The maximum atomic E-state index is 11.5. The number of benzene rings is 1. The van der Waals surface area contributed by atoms with E-state index in [9.17, 15) is 19.8 Å². The van der Waals surface area contributed by atoms with E-state index in [2.05, 4.69) is 0 Å². The van der Waals surface area contributed by atoms with Crippen molar-refractivity contribution in [2.75, 3.05) is 7.05 Å². The molecule has 0 saturated heterocycles. The van der Waals surface area contributed by atoms with Gasteiger partial charge in [0.2, 0.25) is 0 Å². The molecule has 1 aromatic rings. The van der Waals surface area contributed by atoms with E-state index < -0.39 is 23.3 Å². The Balaban J connectivity index is 2.81. The van der Waals surface area contributed by atoms with Crippen molar-refractivity contribution < 1.29 is 19.8 Å². The Morgan fingerprint density at radius 1 is 1.27 bits per heavy atom. The number of aromatic hydroxyl groups is 2. The molecule has 0 saturated carbocycles. The van der Waals surface area contributed by atoms with Crippen molar-refractivity contribution in [3.05, 3.63) is 22.2 Å². The van der Waals surface area contributed by atoms with Crippen LogP contribution in [0.2, 0.25) is 5.02 Å². The lowest BCUT2D eigenvalue weighted by molar-refractivity contribution is 0.0693. The Hall–Kier alpha value is -1.75. The van der Waals surface area contributed by atoms with Crippen LogP contribution in [0.4, 0.5) is 0 Å². The molecule has 2 N–H and O–H groups in total. The summed E-state index contributed by atoms with van der Waals surface area (Å²) in [6.07, 6.45) is 0. The third-order valence-electron chi connectivity index (χ3n) is 2.27. The minimum Gasteiger partial charge on any atom is -0.504 e. The molecular weight excluding hydrogens is 222 g/mol. The summed E-state index contributed by atoms with van der Waals surface area (Å²) >= 11 is 5.66. The second-order valence-corrected chi connectivity index (χ2v) is 3.53. The fourth-order valence-corrected chi connectivity index (χ4v) is 1.72.